The number of carboxylic acid groups (broad SMARTS) is 1. The van der Waals surface area contributed by atoms with Gasteiger partial charge in [0.2, 0.25) is 5.91 Å². The first-order chi connectivity index (χ1) is 11.1. The number of carbonyl (C=O) groups excluding carboxylic acids is 1. The molecule has 2 fully saturated rings. The minimum Gasteiger partial charge on any atom is -0.482 e. The van der Waals surface area contributed by atoms with Crippen molar-refractivity contribution >= 4 is 11.9 Å². The van der Waals surface area contributed by atoms with Gasteiger partial charge in [0.1, 0.15) is 5.75 Å². The molecule has 5 heteroatoms. The predicted octanol–water partition coefficient (Wildman–Crippen LogP) is 2.24. The van der Waals surface area contributed by atoms with Gasteiger partial charge in [0.15, 0.2) is 6.61 Å². The summed E-state index contributed by atoms with van der Waals surface area (Å²) in [5.74, 6) is 1.31. The highest BCUT2D eigenvalue weighted by Gasteiger charge is 2.45. The van der Waals surface area contributed by atoms with E-state index < -0.39 is 5.97 Å². The Kier molecular flexibility index (Phi) is 4.84. The van der Waals surface area contributed by atoms with E-state index >= 15 is 0 Å². The second kappa shape index (κ2) is 7.02. The summed E-state index contributed by atoms with van der Waals surface area (Å²) < 4.78 is 5.09. The van der Waals surface area contributed by atoms with Gasteiger partial charge >= 0.3 is 5.97 Å². The predicted molar refractivity (Wildman–Crippen MR) is 85.2 cm³/mol. The van der Waals surface area contributed by atoms with Gasteiger partial charge in [-0.05, 0) is 61.6 Å². The zero-order chi connectivity index (χ0) is 16.2. The summed E-state index contributed by atoms with van der Waals surface area (Å²) in [5, 5.41) is 11.6. The minimum absolute atomic E-state index is 0.233. The average Bonchev–Trinajstić information content (AvgIpc) is 3.41. The van der Waals surface area contributed by atoms with Crippen LogP contribution in [0, 0.1) is 17.8 Å². The van der Waals surface area contributed by atoms with E-state index in [2.05, 4.69) is 5.32 Å². The molecule has 3 rings (SSSR count). The molecule has 0 saturated heterocycles. The fourth-order valence-electron chi connectivity index (χ4n) is 3.07. The van der Waals surface area contributed by atoms with Crippen LogP contribution in [0.1, 0.15) is 31.2 Å². The molecule has 0 radical (unpaired) electrons. The van der Waals surface area contributed by atoms with Crippen LogP contribution in [0.15, 0.2) is 24.3 Å². The molecular weight excluding hydrogens is 294 g/mol. The Morgan fingerprint density at radius 3 is 2.26 bits per heavy atom. The lowest BCUT2D eigenvalue weighted by Crippen LogP contribution is -2.34. The highest BCUT2D eigenvalue weighted by molar-refractivity contribution is 5.80. The largest absolute Gasteiger partial charge is 0.482 e. The first-order valence-electron chi connectivity index (χ1n) is 8.35. The Labute approximate surface area is 136 Å². The van der Waals surface area contributed by atoms with Gasteiger partial charge in [-0.25, -0.2) is 4.79 Å². The van der Waals surface area contributed by atoms with Crippen molar-refractivity contribution in [3.8, 4) is 5.75 Å². The molecule has 1 amide bonds. The van der Waals surface area contributed by atoms with Gasteiger partial charge in [-0.3, -0.25) is 4.79 Å². The lowest BCUT2D eigenvalue weighted by molar-refractivity contribution is -0.139. The number of aliphatic carboxylic acids is 1. The number of benzene rings is 1. The van der Waals surface area contributed by atoms with E-state index in [0.717, 1.165) is 12.0 Å². The van der Waals surface area contributed by atoms with E-state index in [-0.39, 0.29) is 18.4 Å². The molecule has 0 spiro atoms. The van der Waals surface area contributed by atoms with Crippen LogP contribution in [0.3, 0.4) is 0 Å². The van der Waals surface area contributed by atoms with Crippen molar-refractivity contribution < 1.29 is 19.4 Å². The summed E-state index contributed by atoms with van der Waals surface area (Å²) in [5.41, 5.74) is 1.10. The third-order valence-electron chi connectivity index (χ3n) is 4.56. The molecule has 0 bridgehead atoms. The standard InChI is InChI=1S/C18H23NO4/c20-16(21)11-23-15-7-1-12(2-8-15)9-10-19-18(22)17(13-3-4-13)14-5-6-14/h1-2,7-8,13-14,17H,3-6,9-11H2,(H,19,22)(H,20,21). The molecule has 2 aliphatic rings. The van der Waals surface area contributed by atoms with Gasteiger partial charge < -0.3 is 15.2 Å². The fraction of sp³-hybridized carbons (Fsp3) is 0.556. The molecule has 0 unspecified atom stereocenters. The van der Waals surface area contributed by atoms with Crippen LogP contribution in [0.5, 0.6) is 5.75 Å². The van der Waals surface area contributed by atoms with Gasteiger partial charge in [0.25, 0.3) is 0 Å². The molecule has 1 aromatic rings. The van der Waals surface area contributed by atoms with E-state index in [1.165, 1.54) is 25.7 Å². The zero-order valence-electron chi connectivity index (χ0n) is 13.2. The third-order valence-corrected chi connectivity index (χ3v) is 4.56. The van der Waals surface area contributed by atoms with Crippen molar-refractivity contribution in [2.24, 2.45) is 17.8 Å². The van der Waals surface area contributed by atoms with Crippen molar-refractivity contribution in [3.63, 3.8) is 0 Å². The van der Waals surface area contributed by atoms with Gasteiger partial charge in [-0.15, -0.1) is 0 Å². The summed E-state index contributed by atoms with van der Waals surface area (Å²) >= 11 is 0. The molecule has 1 aromatic carbocycles. The number of amides is 1. The third kappa shape index (κ3) is 4.71. The molecule has 2 N–H and O–H groups in total. The Balaban J connectivity index is 1.41. The maximum absolute atomic E-state index is 12.3. The number of hydrogen-bond donors (Lipinski definition) is 2. The molecule has 2 saturated carbocycles. The van der Waals surface area contributed by atoms with Crippen LogP contribution in [0.2, 0.25) is 0 Å². The van der Waals surface area contributed by atoms with Crippen LogP contribution in [0.4, 0.5) is 0 Å². The second-order valence-electron chi connectivity index (χ2n) is 6.57. The molecule has 0 heterocycles. The molecule has 0 aliphatic heterocycles. The van der Waals surface area contributed by atoms with Gasteiger partial charge in [-0.2, -0.15) is 0 Å². The Morgan fingerprint density at radius 2 is 1.74 bits per heavy atom. The molecule has 2 aliphatic carbocycles. The fourth-order valence-corrected chi connectivity index (χ4v) is 3.07. The topological polar surface area (TPSA) is 75.6 Å². The molecule has 0 aromatic heterocycles. The van der Waals surface area contributed by atoms with E-state index in [4.69, 9.17) is 9.84 Å². The monoisotopic (exact) mass is 317 g/mol. The number of carboxylic acids is 1. The smallest absolute Gasteiger partial charge is 0.341 e. The molecule has 5 nitrogen and oxygen atoms in total. The SMILES string of the molecule is O=C(O)COc1ccc(CCNC(=O)C(C2CC2)C2CC2)cc1. The van der Waals surface area contributed by atoms with Crippen LogP contribution in [-0.4, -0.2) is 30.1 Å². The van der Waals surface area contributed by atoms with Crippen LogP contribution in [0.25, 0.3) is 0 Å². The first-order valence-corrected chi connectivity index (χ1v) is 8.35. The number of hydrogen-bond acceptors (Lipinski definition) is 3. The van der Waals surface area contributed by atoms with Crippen LogP contribution < -0.4 is 10.1 Å². The summed E-state index contributed by atoms with van der Waals surface area (Å²) in [6.45, 7) is 0.309. The van der Waals surface area contributed by atoms with Crippen molar-refractivity contribution in [1.29, 1.82) is 0 Å². The summed E-state index contributed by atoms with van der Waals surface area (Å²) in [6, 6.07) is 7.33. The highest BCUT2D eigenvalue weighted by atomic mass is 16.5. The minimum atomic E-state index is -0.988. The summed E-state index contributed by atoms with van der Waals surface area (Å²) in [6.07, 6.45) is 5.63. The van der Waals surface area contributed by atoms with Crippen molar-refractivity contribution in [3.05, 3.63) is 29.8 Å². The number of rotatable bonds is 9. The number of nitrogens with one attached hydrogen (secondary N) is 1. The highest BCUT2D eigenvalue weighted by Crippen LogP contribution is 2.49. The zero-order valence-corrected chi connectivity index (χ0v) is 13.2. The normalized spacial score (nSPS) is 17.1. The molecule has 23 heavy (non-hydrogen) atoms. The van der Waals surface area contributed by atoms with E-state index in [1.54, 1.807) is 12.1 Å². The number of carbonyl (C=O) groups is 2. The second-order valence-corrected chi connectivity index (χ2v) is 6.57. The molecular formula is C18H23NO4. The van der Waals surface area contributed by atoms with Crippen LogP contribution >= 0.6 is 0 Å². The van der Waals surface area contributed by atoms with Crippen molar-refractivity contribution in [2.75, 3.05) is 13.2 Å². The van der Waals surface area contributed by atoms with Crippen molar-refractivity contribution in [2.45, 2.75) is 32.1 Å². The van der Waals surface area contributed by atoms with Gasteiger partial charge in [-0.1, -0.05) is 12.1 Å². The molecule has 124 valence electrons. The van der Waals surface area contributed by atoms with Gasteiger partial charge in [0, 0.05) is 12.5 Å². The number of ether oxygens (including phenoxy) is 1. The van der Waals surface area contributed by atoms with E-state index in [9.17, 15) is 9.59 Å². The lowest BCUT2D eigenvalue weighted by Gasteiger charge is -2.15. The summed E-state index contributed by atoms with van der Waals surface area (Å²) in [4.78, 5) is 22.8. The van der Waals surface area contributed by atoms with Crippen molar-refractivity contribution in [1.82, 2.24) is 5.32 Å². The average molecular weight is 317 g/mol. The van der Waals surface area contributed by atoms with E-state index in [0.29, 0.717) is 24.1 Å². The first kappa shape index (κ1) is 15.8. The Bertz CT molecular complexity index is 549. The van der Waals surface area contributed by atoms with Crippen LogP contribution in [-0.2, 0) is 16.0 Å². The lowest BCUT2D eigenvalue weighted by atomic mass is 9.97. The Morgan fingerprint density at radius 1 is 1.13 bits per heavy atom. The van der Waals surface area contributed by atoms with Gasteiger partial charge in [0.05, 0.1) is 0 Å². The summed E-state index contributed by atoms with van der Waals surface area (Å²) in [7, 11) is 0. The quantitative estimate of drug-likeness (QED) is 0.732. The maximum atomic E-state index is 12.3. The molecule has 0 atom stereocenters. The maximum Gasteiger partial charge on any atom is 0.341 e. The van der Waals surface area contributed by atoms with E-state index in [1.807, 2.05) is 12.1 Å². The Hall–Kier alpha value is -2.04.